The first-order valence-corrected chi connectivity index (χ1v) is 10.2. The van der Waals surface area contributed by atoms with Gasteiger partial charge in [-0.1, -0.05) is 54.6 Å². The molecule has 5 rings (SSSR count). The summed E-state index contributed by atoms with van der Waals surface area (Å²) in [5, 5.41) is 2.92. The van der Waals surface area contributed by atoms with Crippen molar-refractivity contribution in [3.63, 3.8) is 0 Å². The fraction of sp³-hybridized carbons (Fsp3) is 0.0741. The summed E-state index contributed by atoms with van der Waals surface area (Å²) in [6, 6.07) is 25.1. The molecule has 0 aliphatic heterocycles. The van der Waals surface area contributed by atoms with E-state index < -0.39 is 0 Å². The van der Waals surface area contributed by atoms with Gasteiger partial charge in [-0.2, -0.15) is 0 Å². The molecule has 1 amide bonds. The van der Waals surface area contributed by atoms with Crippen LogP contribution in [0.2, 0.25) is 0 Å². The SMILES string of the molecule is Cc1cc(-c2ccc(CC(=O)Nc3ccc4c(c3)C(=O)c3ccccc3-4)cc2)ccn1. The molecule has 0 bridgehead atoms. The molecule has 0 saturated carbocycles. The molecule has 1 heterocycles. The number of aryl methyl sites for hydroxylation is 1. The predicted molar refractivity (Wildman–Crippen MR) is 122 cm³/mol. The highest BCUT2D eigenvalue weighted by molar-refractivity contribution is 6.22. The van der Waals surface area contributed by atoms with Crippen molar-refractivity contribution in [2.75, 3.05) is 5.32 Å². The Bertz CT molecular complexity index is 1320. The van der Waals surface area contributed by atoms with Crippen LogP contribution in [0.25, 0.3) is 22.3 Å². The summed E-state index contributed by atoms with van der Waals surface area (Å²) in [6.07, 6.45) is 2.06. The van der Waals surface area contributed by atoms with Crippen LogP contribution in [0.3, 0.4) is 0 Å². The maximum Gasteiger partial charge on any atom is 0.228 e. The Hall–Kier alpha value is -4.05. The van der Waals surface area contributed by atoms with Gasteiger partial charge in [-0.25, -0.2) is 0 Å². The van der Waals surface area contributed by atoms with Gasteiger partial charge in [0.05, 0.1) is 6.42 Å². The molecule has 0 atom stereocenters. The monoisotopic (exact) mass is 404 g/mol. The minimum absolute atomic E-state index is 0.00337. The molecule has 31 heavy (non-hydrogen) atoms. The number of ketones is 1. The fourth-order valence-corrected chi connectivity index (χ4v) is 4.04. The second kappa shape index (κ2) is 7.65. The lowest BCUT2D eigenvalue weighted by atomic mass is 10.0. The Labute approximate surface area is 180 Å². The number of hydrogen-bond donors (Lipinski definition) is 1. The van der Waals surface area contributed by atoms with E-state index >= 15 is 0 Å². The minimum atomic E-state index is -0.115. The van der Waals surface area contributed by atoms with Crippen molar-refractivity contribution >= 4 is 17.4 Å². The summed E-state index contributed by atoms with van der Waals surface area (Å²) >= 11 is 0. The Morgan fingerprint density at radius 1 is 0.806 bits per heavy atom. The zero-order chi connectivity index (χ0) is 21.4. The van der Waals surface area contributed by atoms with Crippen molar-refractivity contribution in [3.05, 3.63) is 107 Å². The largest absolute Gasteiger partial charge is 0.326 e. The van der Waals surface area contributed by atoms with E-state index in [1.165, 1.54) is 0 Å². The first-order valence-electron chi connectivity index (χ1n) is 10.2. The standard InChI is InChI=1S/C27H20N2O2/c1-17-14-20(12-13-28-17)19-8-6-18(7-9-19)15-26(30)29-21-10-11-23-22-4-2-3-5-24(22)27(31)25(23)16-21/h2-14,16H,15H2,1H3,(H,29,30). The van der Waals surface area contributed by atoms with Crippen molar-refractivity contribution in [2.45, 2.75) is 13.3 Å². The third-order valence-electron chi connectivity index (χ3n) is 5.56. The molecule has 0 fully saturated rings. The van der Waals surface area contributed by atoms with Gasteiger partial charge in [0.15, 0.2) is 5.78 Å². The number of anilines is 1. The first-order chi connectivity index (χ1) is 15.1. The van der Waals surface area contributed by atoms with Gasteiger partial charge in [-0.05, 0) is 59.0 Å². The van der Waals surface area contributed by atoms with Gasteiger partial charge in [0.25, 0.3) is 0 Å². The smallest absolute Gasteiger partial charge is 0.228 e. The molecule has 1 N–H and O–H groups in total. The van der Waals surface area contributed by atoms with E-state index in [0.717, 1.165) is 33.5 Å². The number of hydrogen-bond acceptors (Lipinski definition) is 3. The average Bonchev–Trinajstić information content (AvgIpc) is 3.06. The number of aromatic nitrogens is 1. The summed E-state index contributed by atoms with van der Waals surface area (Å²) in [5.74, 6) is -0.112. The predicted octanol–water partition coefficient (Wildman–Crippen LogP) is 5.45. The molecule has 0 spiro atoms. The second-order valence-electron chi connectivity index (χ2n) is 7.74. The van der Waals surface area contributed by atoms with E-state index in [0.29, 0.717) is 16.8 Å². The summed E-state index contributed by atoms with van der Waals surface area (Å²) in [6.45, 7) is 1.97. The second-order valence-corrected chi connectivity index (χ2v) is 7.74. The highest BCUT2D eigenvalue weighted by Crippen LogP contribution is 2.37. The molecule has 0 saturated heterocycles. The Balaban J connectivity index is 1.29. The van der Waals surface area contributed by atoms with Crippen molar-refractivity contribution in [3.8, 4) is 22.3 Å². The lowest BCUT2D eigenvalue weighted by Crippen LogP contribution is -2.14. The van der Waals surface area contributed by atoms with Crippen LogP contribution in [0.1, 0.15) is 27.2 Å². The molecule has 3 aromatic carbocycles. The number of nitrogens with one attached hydrogen (secondary N) is 1. The van der Waals surface area contributed by atoms with E-state index in [9.17, 15) is 9.59 Å². The van der Waals surface area contributed by atoms with Gasteiger partial charge < -0.3 is 5.32 Å². The Morgan fingerprint density at radius 2 is 1.55 bits per heavy atom. The third-order valence-corrected chi connectivity index (χ3v) is 5.56. The van der Waals surface area contributed by atoms with E-state index in [1.807, 2.05) is 79.7 Å². The van der Waals surface area contributed by atoms with Crippen LogP contribution in [0, 0.1) is 6.92 Å². The number of carbonyl (C=O) groups is 2. The normalized spacial score (nSPS) is 11.7. The number of rotatable bonds is 4. The molecule has 0 unspecified atom stereocenters. The molecule has 1 aliphatic carbocycles. The third kappa shape index (κ3) is 3.64. The van der Waals surface area contributed by atoms with Crippen LogP contribution in [-0.2, 0) is 11.2 Å². The van der Waals surface area contributed by atoms with Crippen LogP contribution < -0.4 is 5.32 Å². The molecule has 4 nitrogen and oxygen atoms in total. The highest BCUT2D eigenvalue weighted by atomic mass is 16.1. The van der Waals surface area contributed by atoms with E-state index in [4.69, 9.17) is 0 Å². The van der Waals surface area contributed by atoms with E-state index in [1.54, 1.807) is 12.3 Å². The minimum Gasteiger partial charge on any atom is -0.326 e. The summed E-state index contributed by atoms with van der Waals surface area (Å²) < 4.78 is 0. The maximum absolute atomic E-state index is 12.7. The molecule has 4 heteroatoms. The Morgan fingerprint density at radius 3 is 2.32 bits per heavy atom. The van der Waals surface area contributed by atoms with Crippen molar-refractivity contribution in [1.29, 1.82) is 0 Å². The van der Waals surface area contributed by atoms with E-state index in [-0.39, 0.29) is 18.1 Å². The van der Waals surface area contributed by atoms with Gasteiger partial charge in [0, 0.05) is 28.7 Å². The summed E-state index contributed by atoms with van der Waals surface area (Å²) in [5.41, 5.74) is 7.94. The number of carbonyl (C=O) groups excluding carboxylic acids is 2. The highest BCUT2D eigenvalue weighted by Gasteiger charge is 2.26. The first kappa shape index (κ1) is 18.9. The Kier molecular flexibility index (Phi) is 4.68. The lowest BCUT2D eigenvalue weighted by Gasteiger charge is -2.08. The molecule has 150 valence electrons. The summed E-state index contributed by atoms with van der Waals surface area (Å²) in [4.78, 5) is 29.5. The van der Waals surface area contributed by atoms with Crippen LogP contribution in [-0.4, -0.2) is 16.7 Å². The average molecular weight is 404 g/mol. The fourth-order valence-electron chi connectivity index (χ4n) is 4.04. The lowest BCUT2D eigenvalue weighted by molar-refractivity contribution is -0.115. The molecular weight excluding hydrogens is 384 g/mol. The van der Waals surface area contributed by atoms with Gasteiger partial charge in [-0.15, -0.1) is 0 Å². The molecule has 4 aromatic rings. The number of nitrogens with zero attached hydrogens (tertiary/aromatic N) is 1. The zero-order valence-corrected chi connectivity index (χ0v) is 17.1. The van der Waals surface area contributed by atoms with Crippen molar-refractivity contribution in [2.24, 2.45) is 0 Å². The molecule has 0 radical (unpaired) electrons. The van der Waals surface area contributed by atoms with Crippen LogP contribution in [0.15, 0.2) is 85.1 Å². The quantitative estimate of drug-likeness (QED) is 0.433. The number of pyridine rings is 1. The topological polar surface area (TPSA) is 59.1 Å². The number of benzene rings is 3. The van der Waals surface area contributed by atoms with Crippen LogP contribution in [0.5, 0.6) is 0 Å². The molecule has 1 aliphatic rings. The van der Waals surface area contributed by atoms with Gasteiger partial charge >= 0.3 is 0 Å². The van der Waals surface area contributed by atoms with Crippen molar-refractivity contribution in [1.82, 2.24) is 4.98 Å². The summed E-state index contributed by atoms with van der Waals surface area (Å²) in [7, 11) is 0. The van der Waals surface area contributed by atoms with Crippen LogP contribution >= 0.6 is 0 Å². The molecular formula is C27H20N2O2. The zero-order valence-electron chi connectivity index (χ0n) is 17.1. The number of amides is 1. The van der Waals surface area contributed by atoms with Crippen molar-refractivity contribution < 1.29 is 9.59 Å². The van der Waals surface area contributed by atoms with Crippen LogP contribution in [0.4, 0.5) is 5.69 Å². The van der Waals surface area contributed by atoms with E-state index in [2.05, 4.69) is 10.3 Å². The maximum atomic E-state index is 12.7. The van der Waals surface area contributed by atoms with Gasteiger partial charge in [0.1, 0.15) is 0 Å². The number of fused-ring (bicyclic) bond motifs is 3. The van der Waals surface area contributed by atoms with Gasteiger partial charge in [0.2, 0.25) is 5.91 Å². The van der Waals surface area contributed by atoms with Gasteiger partial charge in [-0.3, -0.25) is 14.6 Å². The molecule has 1 aromatic heterocycles.